The molecule has 1 aromatic heterocycles. The van der Waals surface area contributed by atoms with Gasteiger partial charge in [-0.3, -0.25) is 19.5 Å². The van der Waals surface area contributed by atoms with Crippen molar-refractivity contribution in [3.05, 3.63) is 41.7 Å². The van der Waals surface area contributed by atoms with Gasteiger partial charge in [-0.1, -0.05) is 0 Å². The average Bonchev–Trinajstić information content (AvgIpc) is 2.86. The van der Waals surface area contributed by atoms with E-state index in [9.17, 15) is 9.59 Å². The molecule has 9 heteroatoms. The van der Waals surface area contributed by atoms with E-state index in [-0.39, 0.29) is 17.2 Å². The third-order valence-corrected chi connectivity index (χ3v) is 5.52. The lowest BCUT2D eigenvalue weighted by atomic mass is 10.0. The minimum absolute atomic E-state index is 0.113. The van der Waals surface area contributed by atoms with Crippen molar-refractivity contribution in [2.45, 2.75) is 19.3 Å². The number of nitrogens with one attached hydrogen (secondary N) is 1. The summed E-state index contributed by atoms with van der Waals surface area (Å²) in [5.41, 5.74) is 0.925. The number of methoxy groups -OCH3 is 3. The fourth-order valence-electron chi connectivity index (χ4n) is 3.76. The summed E-state index contributed by atoms with van der Waals surface area (Å²) >= 11 is 0. The van der Waals surface area contributed by atoms with Crippen LogP contribution in [0.4, 0.5) is 5.69 Å². The number of morpholine rings is 1. The van der Waals surface area contributed by atoms with Gasteiger partial charge in [0.15, 0.2) is 17.3 Å². The summed E-state index contributed by atoms with van der Waals surface area (Å²) in [6, 6.07) is 4.90. The first kappa shape index (κ1) is 24.5. The number of ether oxygens (including phenoxy) is 4. The monoisotopic (exact) mass is 457 g/mol. The van der Waals surface area contributed by atoms with Crippen molar-refractivity contribution in [1.82, 2.24) is 9.88 Å². The molecule has 0 bridgehead atoms. The van der Waals surface area contributed by atoms with Crippen LogP contribution in [-0.2, 0) is 4.74 Å². The molecule has 0 atom stereocenters. The number of benzene rings is 1. The highest BCUT2D eigenvalue weighted by Crippen LogP contribution is 2.45. The van der Waals surface area contributed by atoms with Crippen LogP contribution in [0.1, 0.15) is 40.0 Å². The lowest BCUT2D eigenvalue weighted by Gasteiger charge is -2.26. The molecular weight excluding hydrogens is 426 g/mol. The van der Waals surface area contributed by atoms with Crippen LogP contribution in [0.3, 0.4) is 0 Å². The molecule has 9 nitrogen and oxygen atoms in total. The topological polar surface area (TPSA) is 99.2 Å². The number of pyridine rings is 1. The lowest BCUT2D eigenvalue weighted by Crippen LogP contribution is -2.36. The third kappa shape index (κ3) is 6.21. The SMILES string of the molecule is COc1cc(C(=O)CCCCN2CCOCC2)c(NC(=O)c2cccnc2)c(OC)c1OC. The zero-order chi connectivity index (χ0) is 23.6. The Bertz CT molecular complexity index is 945. The molecule has 1 fully saturated rings. The second-order valence-electron chi connectivity index (χ2n) is 7.60. The summed E-state index contributed by atoms with van der Waals surface area (Å²) < 4.78 is 21.8. The number of carbonyl (C=O) groups is 2. The third-order valence-electron chi connectivity index (χ3n) is 5.52. The van der Waals surface area contributed by atoms with Crippen LogP contribution >= 0.6 is 0 Å². The molecule has 1 N–H and O–H groups in total. The summed E-state index contributed by atoms with van der Waals surface area (Å²) in [5.74, 6) is 0.356. The first-order valence-corrected chi connectivity index (χ1v) is 11.0. The number of anilines is 1. The van der Waals surface area contributed by atoms with Crippen LogP contribution < -0.4 is 19.5 Å². The Hall–Kier alpha value is -3.17. The van der Waals surface area contributed by atoms with Crippen molar-refractivity contribution < 1.29 is 28.5 Å². The number of hydrogen-bond donors (Lipinski definition) is 1. The number of unbranched alkanes of at least 4 members (excludes halogenated alkanes) is 1. The maximum atomic E-state index is 13.2. The van der Waals surface area contributed by atoms with Crippen molar-refractivity contribution in [3.8, 4) is 17.2 Å². The first-order valence-electron chi connectivity index (χ1n) is 11.0. The summed E-state index contributed by atoms with van der Waals surface area (Å²) in [5, 5.41) is 2.81. The standard InChI is InChI=1S/C24H31N3O6/c1-30-20-15-18(19(28)8-4-5-10-27-11-13-33-14-12-27)21(23(32-3)22(20)31-2)26-24(29)17-7-6-9-25-16-17/h6-7,9,15-16H,4-5,8,10-14H2,1-3H3,(H,26,29). The number of hydrogen-bond acceptors (Lipinski definition) is 8. The second kappa shape index (κ2) is 12.2. The van der Waals surface area contributed by atoms with E-state index in [1.165, 1.54) is 27.5 Å². The Morgan fingerprint density at radius 1 is 1.09 bits per heavy atom. The van der Waals surface area contributed by atoms with Gasteiger partial charge in [0.25, 0.3) is 5.91 Å². The van der Waals surface area contributed by atoms with E-state index in [0.29, 0.717) is 29.0 Å². The Balaban J connectivity index is 1.81. The van der Waals surface area contributed by atoms with Crippen molar-refractivity contribution in [1.29, 1.82) is 0 Å². The normalized spacial score (nSPS) is 13.9. The lowest BCUT2D eigenvalue weighted by molar-refractivity contribution is 0.0371. The fourth-order valence-corrected chi connectivity index (χ4v) is 3.76. The molecule has 3 rings (SSSR count). The molecule has 2 aromatic rings. The molecule has 33 heavy (non-hydrogen) atoms. The Morgan fingerprint density at radius 2 is 1.85 bits per heavy atom. The number of carbonyl (C=O) groups excluding carboxylic acids is 2. The number of ketones is 1. The minimum atomic E-state index is -0.407. The van der Waals surface area contributed by atoms with E-state index in [0.717, 1.165) is 45.7 Å². The highest BCUT2D eigenvalue weighted by atomic mass is 16.5. The number of Topliss-reactive ketones (excluding diaryl/α,β-unsaturated/α-hetero) is 1. The molecule has 1 aromatic carbocycles. The molecule has 0 radical (unpaired) electrons. The van der Waals surface area contributed by atoms with Crippen LogP contribution in [-0.4, -0.2) is 75.8 Å². The van der Waals surface area contributed by atoms with Gasteiger partial charge in [0, 0.05) is 37.5 Å². The van der Waals surface area contributed by atoms with Gasteiger partial charge in [-0.15, -0.1) is 0 Å². The predicted molar refractivity (Wildman–Crippen MR) is 124 cm³/mol. The quantitative estimate of drug-likeness (QED) is 0.406. The molecule has 1 aliphatic rings. The van der Waals surface area contributed by atoms with Crippen molar-refractivity contribution in [2.24, 2.45) is 0 Å². The Kier molecular flexibility index (Phi) is 9.03. The van der Waals surface area contributed by atoms with Crippen LogP contribution in [0.5, 0.6) is 17.2 Å². The van der Waals surface area contributed by atoms with Gasteiger partial charge in [-0.05, 0) is 37.6 Å². The molecule has 0 saturated carbocycles. The summed E-state index contributed by atoms with van der Waals surface area (Å²) in [6.07, 6.45) is 4.99. The van der Waals surface area contributed by atoms with Gasteiger partial charge >= 0.3 is 0 Å². The maximum absolute atomic E-state index is 13.2. The molecule has 1 saturated heterocycles. The first-order chi connectivity index (χ1) is 16.1. The van der Waals surface area contributed by atoms with Crippen LogP contribution in [0, 0.1) is 0 Å². The molecule has 0 aliphatic carbocycles. The fraction of sp³-hybridized carbons (Fsp3) is 0.458. The number of rotatable bonds is 11. The molecule has 2 heterocycles. The Morgan fingerprint density at radius 3 is 2.48 bits per heavy atom. The maximum Gasteiger partial charge on any atom is 0.257 e. The van der Waals surface area contributed by atoms with Gasteiger partial charge in [0.2, 0.25) is 5.75 Å². The van der Waals surface area contributed by atoms with Crippen molar-refractivity contribution in [3.63, 3.8) is 0 Å². The molecule has 1 amide bonds. The van der Waals surface area contributed by atoms with Gasteiger partial charge in [-0.25, -0.2) is 0 Å². The van der Waals surface area contributed by atoms with E-state index in [1.807, 2.05) is 0 Å². The van der Waals surface area contributed by atoms with Crippen LogP contribution in [0.15, 0.2) is 30.6 Å². The molecule has 0 spiro atoms. The smallest absolute Gasteiger partial charge is 0.257 e. The van der Waals surface area contributed by atoms with E-state index in [1.54, 1.807) is 24.4 Å². The highest BCUT2D eigenvalue weighted by molar-refractivity contribution is 6.11. The summed E-state index contributed by atoms with van der Waals surface area (Å²) in [7, 11) is 4.41. The van der Waals surface area contributed by atoms with Crippen molar-refractivity contribution in [2.75, 3.05) is 59.5 Å². The second-order valence-corrected chi connectivity index (χ2v) is 7.60. The summed E-state index contributed by atoms with van der Waals surface area (Å²) in [4.78, 5) is 32.4. The average molecular weight is 458 g/mol. The zero-order valence-corrected chi connectivity index (χ0v) is 19.4. The zero-order valence-electron chi connectivity index (χ0n) is 19.4. The number of amides is 1. The van der Waals surface area contributed by atoms with Gasteiger partial charge < -0.3 is 24.3 Å². The Labute approximate surface area is 194 Å². The molecule has 1 aliphatic heterocycles. The minimum Gasteiger partial charge on any atom is -0.493 e. The van der Waals surface area contributed by atoms with Crippen LogP contribution in [0.25, 0.3) is 0 Å². The van der Waals surface area contributed by atoms with E-state index < -0.39 is 5.91 Å². The van der Waals surface area contributed by atoms with Gasteiger partial charge in [0.1, 0.15) is 0 Å². The summed E-state index contributed by atoms with van der Waals surface area (Å²) in [6.45, 7) is 4.28. The molecule has 178 valence electrons. The van der Waals surface area contributed by atoms with Gasteiger partial charge in [-0.2, -0.15) is 0 Å². The number of nitrogens with zero attached hydrogens (tertiary/aromatic N) is 2. The van der Waals surface area contributed by atoms with Crippen LogP contribution in [0.2, 0.25) is 0 Å². The van der Waals surface area contributed by atoms with E-state index >= 15 is 0 Å². The largest absolute Gasteiger partial charge is 0.493 e. The molecule has 0 unspecified atom stereocenters. The molecular formula is C24H31N3O6. The number of aromatic nitrogens is 1. The van der Waals surface area contributed by atoms with E-state index in [2.05, 4.69) is 15.2 Å². The predicted octanol–water partition coefficient (Wildman–Crippen LogP) is 3.04. The highest BCUT2D eigenvalue weighted by Gasteiger charge is 2.26. The van der Waals surface area contributed by atoms with Crippen molar-refractivity contribution >= 4 is 17.4 Å². The van der Waals surface area contributed by atoms with E-state index in [4.69, 9.17) is 18.9 Å². The van der Waals surface area contributed by atoms with Gasteiger partial charge in [0.05, 0.1) is 45.8 Å².